The van der Waals surface area contributed by atoms with Crippen molar-refractivity contribution in [3.63, 3.8) is 0 Å². The van der Waals surface area contributed by atoms with Crippen molar-refractivity contribution < 1.29 is 19.4 Å². The number of carbonyl (C=O) groups excluding carboxylic acids is 1. The van der Waals surface area contributed by atoms with Crippen LogP contribution in [0, 0.1) is 0 Å². The van der Waals surface area contributed by atoms with Gasteiger partial charge in [0.05, 0.1) is 13.2 Å². The number of nitrogens with one attached hydrogen (secondary N) is 1. The van der Waals surface area contributed by atoms with E-state index < -0.39 is 6.10 Å². The van der Waals surface area contributed by atoms with E-state index in [9.17, 15) is 9.90 Å². The molecule has 0 aliphatic heterocycles. The van der Waals surface area contributed by atoms with E-state index in [0.717, 1.165) is 6.42 Å². The van der Waals surface area contributed by atoms with Crippen LogP contribution in [0.3, 0.4) is 0 Å². The van der Waals surface area contributed by atoms with Crippen LogP contribution < -0.4 is 14.8 Å². The average Bonchev–Trinajstić information content (AvgIpc) is 2.44. The topological polar surface area (TPSA) is 67.8 Å². The van der Waals surface area contributed by atoms with Gasteiger partial charge in [0, 0.05) is 17.2 Å². The van der Waals surface area contributed by atoms with Crippen molar-refractivity contribution in [2.45, 2.75) is 45.8 Å². The summed E-state index contributed by atoms with van der Waals surface area (Å²) >= 11 is 0. The van der Waals surface area contributed by atoms with Crippen molar-refractivity contribution in [1.29, 1.82) is 0 Å². The highest BCUT2D eigenvalue weighted by molar-refractivity contribution is 5.78. The predicted molar refractivity (Wildman–Crippen MR) is 81.6 cm³/mol. The molecule has 0 saturated heterocycles. The zero-order chi connectivity index (χ0) is 16.0. The predicted octanol–water partition coefficient (Wildman–Crippen LogP) is 2.43. The van der Waals surface area contributed by atoms with Crippen molar-refractivity contribution in [2.75, 3.05) is 13.7 Å². The zero-order valence-electron chi connectivity index (χ0n) is 13.4. The van der Waals surface area contributed by atoms with E-state index in [2.05, 4.69) is 5.32 Å². The summed E-state index contributed by atoms with van der Waals surface area (Å²) in [7, 11) is 1.55. The van der Waals surface area contributed by atoms with E-state index in [-0.39, 0.29) is 18.1 Å². The minimum atomic E-state index is -0.680. The number of ether oxygens (including phenoxy) is 2. The van der Waals surface area contributed by atoms with E-state index in [4.69, 9.17) is 9.47 Å². The molecular weight excluding hydrogens is 270 g/mol. The highest BCUT2D eigenvalue weighted by Crippen LogP contribution is 2.29. The van der Waals surface area contributed by atoms with E-state index in [0.29, 0.717) is 17.1 Å². The van der Waals surface area contributed by atoms with Crippen LogP contribution in [0.4, 0.5) is 0 Å². The van der Waals surface area contributed by atoms with E-state index >= 15 is 0 Å². The maximum Gasteiger partial charge on any atom is 0.258 e. The maximum absolute atomic E-state index is 11.9. The molecule has 0 saturated carbocycles. The summed E-state index contributed by atoms with van der Waals surface area (Å²) < 4.78 is 10.7. The summed E-state index contributed by atoms with van der Waals surface area (Å²) in [5.74, 6) is 0.874. The molecule has 1 atom stereocenters. The second kappa shape index (κ2) is 7.31. The van der Waals surface area contributed by atoms with E-state index in [1.165, 1.54) is 0 Å². The van der Waals surface area contributed by atoms with Crippen LogP contribution in [0.2, 0.25) is 0 Å². The Labute approximate surface area is 126 Å². The quantitative estimate of drug-likeness (QED) is 0.810. The summed E-state index contributed by atoms with van der Waals surface area (Å²) in [4.78, 5) is 11.9. The maximum atomic E-state index is 11.9. The van der Waals surface area contributed by atoms with Gasteiger partial charge in [-0.3, -0.25) is 4.79 Å². The molecule has 118 valence electrons. The summed E-state index contributed by atoms with van der Waals surface area (Å²) in [6, 6.07) is 5.14. The van der Waals surface area contributed by atoms with Crippen molar-refractivity contribution >= 4 is 5.91 Å². The lowest BCUT2D eigenvalue weighted by Gasteiger charge is -2.24. The van der Waals surface area contributed by atoms with Crippen molar-refractivity contribution in [3.05, 3.63) is 23.8 Å². The molecule has 1 rings (SSSR count). The number of methoxy groups -OCH3 is 1. The summed E-state index contributed by atoms with van der Waals surface area (Å²) in [6.45, 7) is 7.47. The molecular formula is C16H25NO4. The first-order valence-electron chi connectivity index (χ1n) is 7.09. The third-order valence-electron chi connectivity index (χ3n) is 3.39. The molecule has 0 aromatic heterocycles. The van der Waals surface area contributed by atoms with Gasteiger partial charge in [-0.25, -0.2) is 0 Å². The Morgan fingerprint density at radius 1 is 1.43 bits per heavy atom. The average molecular weight is 295 g/mol. The van der Waals surface area contributed by atoms with E-state index in [1.54, 1.807) is 32.2 Å². The molecule has 1 amide bonds. The van der Waals surface area contributed by atoms with Gasteiger partial charge in [-0.1, -0.05) is 6.92 Å². The lowest BCUT2D eigenvalue weighted by atomic mass is 10.0. The van der Waals surface area contributed by atoms with Gasteiger partial charge in [0.15, 0.2) is 6.61 Å². The fraction of sp³-hybridized carbons (Fsp3) is 0.562. The molecule has 0 aliphatic rings. The number of amides is 1. The number of carbonyl (C=O) groups is 1. The lowest BCUT2D eigenvalue weighted by Crippen LogP contribution is -2.44. The molecule has 5 nitrogen and oxygen atoms in total. The fourth-order valence-corrected chi connectivity index (χ4v) is 1.76. The fourth-order valence-electron chi connectivity index (χ4n) is 1.76. The molecule has 5 heteroatoms. The Morgan fingerprint density at radius 3 is 2.62 bits per heavy atom. The third-order valence-corrected chi connectivity index (χ3v) is 3.39. The molecule has 21 heavy (non-hydrogen) atoms. The van der Waals surface area contributed by atoms with Gasteiger partial charge in [0.25, 0.3) is 5.91 Å². The first-order valence-corrected chi connectivity index (χ1v) is 7.09. The first kappa shape index (κ1) is 17.3. The van der Waals surface area contributed by atoms with Gasteiger partial charge in [0.2, 0.25) is 0 Å². The number of hydrogen-bond acceptors (Lipinski definition) is 4. The van der Waals surface area contributed by atoms with Crippen LogP contribution in [-0.4, -0.2) is 30.3 Å². The zero-order valence-corrected chi connectivity index (χ0v) is 13.4. The molecule has 1 unspecified atom stereocenters. The molecule has 0 radical (unpaired) electrons. The largest absolute Gasteiger partial charge is 0.497 e. The molecule has 0 bridgehead atoms. The number of aliphatic hydroxyl groups excluding tert-OH is 1. The first-order chi connectivity index (χ1) is 9.79. The molecule has 1 aromatic carbocycles. The summed E-state index contributed by atoms with van der Waals surface area (Å²) in [6.07, 6.45) is 0.151. The standard InChI is InChI=1S/C16H25NO4/c1-6-16(3,4)17-15(19)10-21-14-9-12(20-5)7-8-13(14)11(2)18/h7-9,11,18H,6,10H2,1-5H3,(H,17,19). The highest BCUT2D eigenvalue weighted by Gasteiger charge is 2.19. The van der Waals surface area contributed by atoms with Crippen molar-refractivity contribution in [3.8, 4) is 11.5 Å². The molecule has 0 heterocycles. The van der Waals surface area contributed by atoms with Crippen LogP contribution in [0.15, 0.2) is 18.2 Å². The SMILES string of the molecule is CCC(C)(C)NC(=O)COc1cc(OC)ccc1C(C)O. The molecule has 0 spiro atoms. The minimum absolute atomic E-state index is 0.101. The third kappa shape index (κ3) is 5.27. The van der Waals surface area contributed by atoms with Crippen LogP contribution in [0.5, 0.6) is 11.5 Å². The van der Waals surface area contributed by atoms with Crippen LogP contribution in [-0.2, 0) is 4.79 Å². The number of benzene rings is 1. The number of rotatable bonds is 7. The van der Waals surface area contributed by atoms with Crippen molar-refractivity contribution in [1.82, 2.24) is 5.32 Å². The Balaban J connectivity index is 2.76. The number of aliphatic hydroxyl groups is 1. The van der Waals surface area contributed by atoms with Crippen LogP contribution in [0.1, 0.15) is 45.8 Å². The molecule has 2 N–H and O–H groups in total. The highest BCUT2D eigenvalue weighted by atomic mass is 16.5. The van der Waals surface area contributed by atoms with Gasteiger partial charge in [-0.2, -0.15) is 0 Å². The van der Waals surface area contributed by atoms with Gasteiger partial charge in [-0.15, -0.1) is 0 Å². The monoisotopic (exact) mass is 295 g/mol. The second-order valence-corrected chi connectivity index (χ2v) is 5.65. The Morgan fingerprint density at radius 2 is 2.10 bits per heavy atom. The Bertz CT molecular complexity index is 483. The van der Waals surface area contributed by atoms with E-state index in [1.807, 2.05) is 20.8 Å². The van der Waals surface area contributed by atoms with Crippen LogP contribution >= 0.6 is 0 Å². The Kier molecular flexibility index (Phi) is 6.03. The normalized spacial score (nSPS) is 12.7. The minimum Gasteiger partial charge on any atom is -0.497 e. The molecule has 0 aliphatic carbocycles. The van der Waals surface area contributed by atoms with Gasteiger partial charge in [0.1, 0.15) is 11.5 Å². The summed E-state index contributed by atoms with van der Waals surface area (Å²) in [5.41, 5.74) is 0.361. The Hall–Kier alpha value is -1.75. The lowest BCUT2D eigenvalue weighted by molar-refractivity contribution is -0.124. The van der Waals surface area contributed by atoms with Crippen molar-refractivity contribution in [2.24, 2.45) is 0 Å². The number of hydrogen-bond donors (Lipinski definition) is 2. The van der Waals surface area contributed by atoms with Crippen LogP contribution in [0.25, 0.3) is 0 Å². The second-order valence-electron chi connectivity index (χ2n) is 5.65. The molecule has 0 fully saturated rings. The van der Waals surface area contributed by atoms with Gasteiger partial charge in [-0.05, 0) is 39.3 Å². The van der Waals surface area contributed by atoms with Gasteiger partial charge >= 0.3 is 0 Å². The summed E-state index contributed by atoms with van der Waals surface area (Å²) in [5, 5.41) is 12.6. The molecule has 1 aromatic rings. The smallest absolute Gasteiger partial charge is 0.258 e. The van der Waals surface area contributed by atoms with Gasteiger partial charge < -0.3 is 19.9 Å².